The smallest absolute Gasteiger partial charge is 0.306 e. The molecule has 118 valence electrons. The Kier molecular flexibility index (Phi) is 5.79. The molecule has 0 N–H and O–H groups in total. The first-order chi connectivity index (χ1) is 10.1. The number of esters is 1. The molecule has 1 heterocycles. The Labute approximate surface area is 126 Å². The molecule has 2 aliphatic rings. The zero-order chi connectivity index (χ0) is 15.2. The van der Waals surface area contributed by atoms with Gasteiger partial charge in [-0.3, -0.25) is 14.5 Å². The summed E-state index contributed by atoms with van der Waals surface area (Å²) in [5.41, 5.74) is 0. The molecule has 2 atom stereocenters. The second kappa shape index (κ2) is 7.59. The number of ether oxygens (including phenoxy) is 1. The van der Waals surface area contributed by atoms with E-state index in [1.807, 2.05) is 4.90 Å². The Balaban J connectivity index is 1.76. The minimum atomic E-state index is -0.172. The van der Waals surface area contributed by atoms with Gasteiger partial charge in [-0.1, -0.05) is 12.2 Å². The first-order valence-electron chi connectivity index (χ1n) is 7.85. The number of carbonyl (C=O) groups is 2. The van der Waals surface area contributed by atoms with E-state index in [2.05, 4.69) is 28.7 Å². The molecule has 1 aliphatic carbocycles. The van der Waals surface area contributed by atoms with Crippen molar-refractivity contribution in [2.75, 3.05) is 33.3 Å². The lowest BCUT2D eigenvalue weighted by molar-refractivity contribution is -0.142. The van der Waals surface area contributed by atoms with Crippen LogP contribution in [0.3, 0.4) is 0 Å². The molecule has 0 spiro atoms. The van der Waals surface area contributed by atoms with Gasteiger partial charge in [0.15, 0.2) is 0 Å². The van der Waals surface area contributed by atoms with E-state index in [4.69, 9.17) is 0 Å². The zero-order valence-electron chi connectivity index (χ0n) is 13.1. The van der Waals surface area contributed by atoms with Gasteiger partial charge in [-0.2, -0.15) is 0 Å². The number of methoxy groups -OCH3 is 1. The van der Waals surface area contributed by atoms with Crippen LogP contribution >= 0.6 is 0 Å². The Hall–Kier alpha value is -1.36. The van der Waals surface area contributed by atoms with Crippen molar-refractivity contribution >= 4 is 11.9 Å². The van der Waals surface area contributed by atoms with Crippen LogP contribution in [0.5, 0.6) is 0 Å². The summed E-state index contributed by atoms with van der Waals surface area (Å²) in [6.07, 6.45) is 7.63. The van der Waals surface area contributed by atoms with E-state index >= 15 is 0 Å². The molecule has 0 saturated carbocycles. The maximum atomic E-state index is 12.4. The molecule has 0 aromatic rings. The lowest BCUT2D eigenvalue weighted by atomic mass is 10.0. The number of rotatable bonds is 5. The summed E-state index contributed by atoms with van der Waals surface area (Å²) in [6, 6.07) is 0.217. The summed E-state index contributed by atoms with van der Waals surface area (Å²) >= 11 is 0. The highest BCUT2D eigenvalue weighted by molar-refractivity contribution is 5.77. The first kappa shape index (κ1) is 16.0. The van der Waals surface area contributed by atoms with Crippen LogP contribution in [-0.2, 0) is 14.3 Å². The Morgan fingerprint density at radius 3 is 2.76 bits per heavy atom. The molecule has 2 rings (SSSR count). The Bertz CT molecular complexity index is 408. The predicted molar refractivity (Wildman–Crippen MR) is 80.7 cm³/mol. The van der Waals surface area contributed by atoms with Gasteiger partial charge >= 0.3 is 5.97 Å². The summed E-state index contributed by atoms with van der Waals surface area (Å²) in [5.74, 6) is 0.530. The molecule has 0 aromatic carbocycles. The van der Waals surface area contributed by atoms with Gasteiger partial charge in [0.1, 0.15) is 0 Å². The maximum absolute atomic E-state index is 12.4. The maximum Gasteiger partial charge on any atom is 0.306 e. The number of amides is 1. The average Bonchev–Trinajstić information content (AvgIpc) is 2.97. The average molecular weight is 294 g/mol. The van der Waals surface area contributed by atoms with Crippen LogP contribution in [0.4, 0.5) is 0 Å². The second-order valence-electron chi connectivity index (χ2n) is 6.03. The third-order valence-corrected chi connectivity index (χ3v) is 4.44. The van der Waals surface area contributed by atoms with Crippen molar-refractivity contribution in [3.8, 4) is 0 Å². The van der Waals surface area contributed by atoms with Gasteiger partial charge in [0.2, 0.25) is 5.91 Å². The fourth-order valence-corrected chi connectivity index (χ4v) is 3.16. The molecular weight excluding hydrogens is 268 g/mol. The van der Waals surface area contributed by atoms with Crippen molar-refractivity contribution in [2.24, 2.45) is 5.92 Å². The number of carbonyl (C=O) groups excluding carboxylic acids is 2. The predicted octanol–water partition coefficient (Wildman–Crippen LogP) is 1.44. The third kappa shape index (κ3) is 4.56. The van der Waals surface area contributed by atoms with Crippen LogP contribution < -0.4 is 0 Å². The lowest BCUT2D eigenvalue weighted by Gasteiger charge is -2.40. The molecule has 1 saturated heterocycles. The van der Waals surface area contributed by atoms with E-state index in [-0.39, 0.29) is 17.9 Å². The topological polar surface area (TPSA) is 49.9 Å². The molecule has 1 aliphatic heterocycles. The Morgan fingerprint density at radius 1 is 1.33 bits per heavy atom. The van der Waals surface area contributed by atoms with E-state index in [0.717, 1.165) is 32.5 Å². The van der Waals surface area contributed by atoms with E-state index in [9.17, 15) is 9.59 Å². The normalized spacial score (nSPS) is 26.1. The molecule has 1 fully saturated rings. The van der Waals surface area contributed by atoms with E-state index in [0.29, 0.717) is 25.3 Å². The van der Waals surface area contributed by atoms with Gasteiger partial charge in [-0.25, -0.2) is 0 Å². The van der Waals surface area contributed by atoms with Gasteiger partial charge in [0.05, 0.1) is 13.5 Å². The zero-order valence-corrected chi connectivity index (χ0v) is 13.1. The molecule has 0 unspecified atom stereocenters. The van der Waals surface area contributed by atoms with Crippen LogP contribution in [-0.4, -0.2) is 61.0 Å². The summed E-state index contributed by atoms with van der Waals surface area (Å²) < 4.78 is 4.67. The number of hydrogen-bond acceptors (Lipinski definition) is 4. The third-order valence-electron chi connectivity index (χ3n) is 4.44. The van der Waals surface area contributed by atoms with Crippen LogP contribution in [0.2, 0.25) is 0 Å². The summed E-state index contributed by atoms with van der Waals surface area (Å²) in [7, 11) is 1.42. The highest BCUT2D eigenvalue weighted by Crippen LogP contribution is 2.22. The highest BCUT2D eigenvalue weighted by atomic mass is 16.5. The largest absolute Gasteiger partial charge is 0.469 e. The second-order valence-corrected chi connectivity index (χ2v) is 6.03. The van der Waals surface area contributed by atoms with Crippen LogP contribution in [0.15, 0.2) is 12.2 Å². The quantitative estimate of drug-likeness (QED) is 0.569. The van der Waals surface area contributed by atoms with Crippen LogP contribution in [0.25, 0.3) is 0 Å². The van der Waals surface area contributed by atoms with E-state index < -0.39 is 0 Å². The molecule has 0 bridgehead atoms. The van der Waals surface area contributed by atoms with Crippen molar-refractivity contribution in [1.82, 2.24) is 9.80 Å². The minimum absolute atomic E-state index is 0.172. The molecule has 21 heavy (non-hydrogen) atoms. The molecular formula is C16H26N2O3. The number of allylic oxidation sites excluding steroid dienone is 2. The molecule has 1 amide bonds. The van der Waals surface area contributed by atoms with Crippen molar-refractivity contribution in [3.05, 3.63) is 12.2 Å². The van der Waals surface area contributed by atoms with E-state index in [1.165, 1.54) is 7.11 Å². The number of piperazine rings is 1. The SMILES string of the molecule is COC(=O)CCN1CCN(C(=O)C[C@H]2C=CCC2)[C@H](C)C1. The van der Waals surface area contributed by atoms with Gasteiger partial charge in [0.25, 0.3) is 0 Å². The first-order valence-corrected chi connectivity index (χ1v) is 7.85. The van der Waals surface area contributed by atoms with Gasteiger partial charge < -0.3 is 9.64 Å². The van der Waals surface area contributed by atoms with Gasteiger partial charge in [0, 0.05) is 38.6 Å². The highest BCUT2D eigenvalue weighted by Gasteiger charge is 2.28. The summed E-state index contributed by atoms with van der Waals surface area (Å²) in [6.45, 7) is 5.24. The van der Waals surface area contributed by atoms with Crippen molar-refractivity contribution in [3.63, 3.8) is 0 Å². The van der Waals surface area contributed by atoms with Crippen molar-refractivity contribution in [2.45, 2.75) is 38.6 Å². The molecule has 0 aromatic heterocycles. The van der Waals surface area contributed by atoms with Gasteiger partial charge in [-0.15, -0.1) is 0 Å². The monoisotopic (exact) mass is 294 g/mol. The fourth-order valence-electron chi connectivity index (χ4n) is 3.16. The molecule has 0 radical (unpaired) electrons. The minimum Gasteiger partial charge on any atom is -0.469 e. The molecule has 5 heteroatoms. The summed E-state index contributed by atoms with van der Waals surface area (Å²) in [5, 5.41) is 0. The standard InChI is InChI=1S/C16H26N2O3/c1-13-12-17(8-7-16(20)21-2)9-10-18(13)15(19)11-14-5-3-4-6-14/h3,5,13-14H,4,6-12H2,1-2H3/t13-,14+/m1/s1. The summed E-state index contributed by atoms with van der Waals surface area (Å²) in [4.78, 5) is 27.8. The number of hydrogen-bond donors (Lipinski definition) is 0. The van der Waals surface area contributed by atoms with Crippen molar-refractivity contribution in [1.29, 1.82) is 0 Å². The van der Waals surface area contributed by atoms with E-state index in [1.54, 1.807) is 0 Å². The van der Waals surface area contributed by atoms with Crippen LogP contribution in [0, 0.1) is 5.92 Å². The molecule has 5 nitrogen and oxygen atoms in total. The number of nitrogens with zero attached hydrogens (tertiary/aromatic N) is 2. The fraction of sp³-hybridized carbons (Fsp3) is 0.750. The lowest BCUT2D eigenvalue weighted by Crippen LogP contribution is -2.54. The van der Waals surface area contributed by atoms with Gasteiger partial charge in [-0.05, 0) is 25.7 Å². The Morgan fingerprint density at radius 2 is 2.14 bits per heavy atom. The van der Waals surface area contributed by atoms with Crippen molar-refractivity contribution < 1.29 is 14.3 Å². The van der Waals surface area contributed by atoms with Crippen LogP contribution in [0.1, 0.15) is 32.6 Å².